The highest BCUT2D eigenvalue weighted by Crippen LogP contribution is 2.19. The Morgan fingerprint density at radius 2 is 2.14 bits per heavy atom. The molecule has 1 aliphatic heterocycles. The highest BCUT2D eigenvalue weighted by molar-refractivity contribution is 4.75. The second-order valence-electron chi connectivity index (χ2n) is 6.39. The van der Waals surface area contributed by atoms with Crippen molar-refractivity contribution in [3.8, 4) is 0 Å². The minimum Gasteiger partial charge on any atom is -0.389 e. The quantitative estimate of drug-likeness (QED) is 0.582. The van der Waals surface area contributed by atoms with Crippen LogP contribution in [0.5, 0.6) is 0 Å². The molecule has 0 aromatic rings. The van der Waals surface area contributed by atoms with Crippen molar-refractivity contribution in [2.75, 3.05) is 32.9 Å². The first-order valence-corrected chi connectivity index (χ1v) is 8.75. The second-order valence-corrected chi connectivity index (χ2v) is 6.39. The summed E-state index contributed by atoms with van der Waals surface area (Å²) in [7, 11) is 0. The predicted octanol–water partition coefficient (Wildman–Crippen LogP) is 2.59. The molecular weight excluding hydrogens is 266 g/mol. The minimum atomic E-state index is -0.411. The number of rotatable bonds is 12. The maximum absolute atomic E-state index is 9.93. The minimum absolute atomic E-state index is 0.342. The normalized spacial score (nSPS) is 25.1. The van der Waals surface area contributed by atoms with Crippen molar-refractivity contribution in [3.05, 3.63) is 0 Å². The molecule has 1 aliphatic rings. The molecule has 1 fully saturated rings. The van der Waals surface area contributed by atoms with Gasteiger partial charge in [-0.05, 0) is 31.6 Å². The standard InChI is InChI=1S/C17H35NO3/c1-4-6-7-15(5-2)12-20-13-17(19)11-18-10-16-8-9-21-14(16)3/h14-19H,4-13H2,1-3H3. The van der Waals surface area contributed by atoms with Gasteiger partial charge in [-0.2, -0.15) is 0 Å². The zero-order chi connectivity index (χ0) is 15.5. The first-order chi connectivity index (χ1) is 10.2. The summed E-state index contributed by atoms with van der Waals surface area (Å²) < 4.78 is 11.2. The Morgan fingerprint density at radius 1 is 1.33 bits per heavy atom. The van der Waals surface area contributed by atoms with E-state index in [1.165, 1.54) is 19.3 Å². The van der Waals surface area contributed by atoms with E-state index in [1.54, 1.807) is 0 Å². The first kappa shape index (κ1) is 18.9. The van der Waals surface area contributed by atoms with E-state index in [4.69, 9.17) is 9.47 Å². The number of unbranched alkanes of at least 4 members (excludes halogenated alkanes) is 1. The van der Waals surface area contributed by atoms with Gasteiger partial charge in [0.1, 0.15) is 0 Å². The van der Waals surface area contributed by atoms with Gasteiger partial charge in [-0.1, -0.05) is 33.1 Å². The van der Waals surface area contributed by atoms with Crippen LogP contribution in [-0.2, 0) is 9.47 Å². The molecule has 1 heterocycles. The lowest BCUT2D eigenvalue weighted by Gasteiger charge is -2.19. The van der Waals surface area contributed by atoms with E-state index in [-0.39, 0.29) is 0 Å². The molecule has 0 aliphatic carbocycles. The number of ether oxygens (including phenoxy) is 2. The van der Waals surface area contributed by atoms with Crippen LogP contribution in [-0.4, -0.2) is 50.2 Å². The largest absolute Gasteiger partial charge is 0.389 e. The van der Waals surface area contributed by atoms with Crippen molar-refractivity contribution in [2.24, 2.45) is 11.8 Å². The zero-order valence-corrected chi connectivity index (χ0v) is 14.1. The molecule has 0 aromatic heterocycles. The molecule has 126 valence electrons. The van der Waals surface area contributed by atoms with Crippen LogP contribution in [0.2, 0.25) is 0 Å². The molecule has 4 heteroatoms. The SMILES string of the molecule is CCCCC(CC)COCC(O)CNCC1CCOC1C. The molecule has 0 radical (unpaired) electrons. The number of nitrogens with one attached hydrogen (secondary N) is 1. The third-order valence-electron chi connectivity index (χ3n) is 4.53. The van der Waals surface area contributed by atoms with Gasteiger partial charge in [0.05, 0.1) is 18.8 Å². The van der Waals surface area contributed by atoms with E-state index in [0.717, 1.165) is 32.6 Å². The maximum Gasteiger partial charge on any atom is 0.0897 e. The van der Waals surface area contributed by atoms with E-state index in [1.807, 2.05) is 0 Å². The molecule has 1 rings (SSSR count). The topological polar surface area (TPSA) is 50.7 Å². The Morgan fingerprint density at radius 3 is 2.76 bits per heavy atom. The first-order valence-electron chi connectivity index (χ1n) is 8.75. The van der Waals surface area contributed by atoms with Crippen LogP contribution < -0.4 is 5.32 Å². The van der Waals surface area contributed by atoms with Gasteiger partial charge in [0, 0.05) is 26.3 Å². The van der Waals surface area contributed by atoms with Gasteiger partial charge in [0.25, 0.3) is 0 Å². The molecular formula is C17H35NO3. The highest BCUT2D eigenvalue weighted by Gasteiger charge is 2.23. The molecule has 0 spiro atoms. The van der Waals surface area contributed by atoms with Crippen LogP contribution in [0.3, 0.4) is 0 Å². The van der Waals surface area contributed by atoms with Crippen molar-refractivity contribution in [2.45, 2.75) is 65.1 Å². The Balaban J connectivity index is 2.01. The van der Waals surface area contributed by atoms with Crippen molar-refractivity contribution in [1.29, 1.82) is 0 Å². The van der Waals surface area contributed by atoms with Gasteiger partial charge < -0.3 is 19.9 Å². The fraction of sp³-hybridized carbons (Fsp3) is 1.00. The number of aliphatic hydroxyl groups excluding tert-OH is 1. The van der Waals surface area contributed by atoms with E-state index < -0.39 is 6.10 Å². The summed E-state index contributed by atoms with van der Waals surface area (Å²) in [6.45, 7) is 10.2. The van der Waals surface area contributed by atoms with Gasteiger partial charge in [0.2, 0.25) is 0 Å². The number of aliphatic hydroxyl groups is 1. The van der Waals surface area contributed by atoms with Gasteiger partial charge in [-0.15, -0.1) is 0 Å². The molecule has 0 bridgehead atoms. The van der Waals surface area contributed by atoms with Crippen LogP contribution in [0.15, 0.2) is 0 Å². The molecule has 1 saturated heterocycles. The fourth-order valence-corrected chi connectivity index (χ4v) is 2.81. The van der Waals surface area contributed by atoms with Gasteiger partial charge in [0.15, 0.2) is 0 Å². The van der Waals surface area contributed by atoms with Crippen molar-refractivity contribution >= 4 is 0 Å². The summed E-state index contributed by atoms with van der Waals surface area (Å²) in [6, 6.07) is 0. The van der Waals surface area contributed by atoms with Crippen LogP contribution >= 0.6 is 0 Å². The molecule has 0 aromatic carbocycles. The molecule has 21 heavy (non-hydrogen) atoms. The van der Waals surface area contributed by atoms with Gasteiger partial charge in [-0.3, -0.25) is 0 Å². The summed E-state index contributed by atoms with van der Waals surface area (Å²) in [5, 5.41) is 13.3. The van der Waals surface area contributed by atoms with E-state index in [2.05, 4.69) is 26.1 Å². The van der Waals surface area contributed by atoms with Crippen molar-refractivity contribution < 1.29 is 14.6 Å². The third-order valence-corrected chi connectivity index (χ3v) is 4.53. The highest BCUT2D eigenvalue weighted by atomic mass is 16.5. The Bertz CT molecular complexity index is 250. The summed E-state index contributed by atoms with van der Waals surface area (Å²) in [5.74, 6) is 1.22. The number of hydrogen-bond acceptors (Lipinski definition) is 4. The average Bonchev–Trinajstić information content (AvgIpc) is 2.88. The van der Waals surface area contributed by atoms with E-state index in [0.29, 0.717) is 31.1 Å². The summed E-state index contributed by atoms with van der Waals surface area (Å²) >= 11 is 0. The van der Waals surface area contributed by atoms with E-state index in [9.17, 15) is 5.11 Å². The molecule has 0 amide bonds. The zero-order valence-electron chi connectivity index (χ0n) is 14.1. The van der Waals surface area contributed by atoms with Crippen LogP contribution in [0.4, 0.5) is 0 Å². The van der Waals surface area contributed by atoms with Crippen LogP contribution in [0.25, 0.3) is 0 Å². The average molecular weight is 301 g/mol. The number of hydrogen-bond donors (Lipinski definition) is 2. The lowest BCUT2D eigenvalue weighted by Crippen LogP contribution is -2.35. The maximum atomic E-state index is 9.93. The molecule has 4 nitrogen and oxygen atoms in total. The molecule has 0 saturated carbocycles. The second kappa shape index (κ2) is 11.4. The fourth-order valence-electron chi connectivity index (χ4n) is 2.81. The smallest absolute Gasteiger partial charge is 0.0897 e. The molecule has 2 N–H and O–H groups in total. The molecule has 4 unspecified atom stereocenters. The Labute approximate surface area is 130 Å². The summed E-state index contributed by atoms with van der Waals surface area (Å²) in [4.78, 5) is 0. The van der Waals surface area contributed by atoms with Gasteiger partial charge in [-0.25, -0.2) is 0 Å². The Kier molecular flexibility index (Phi) is 10.3. The van der Waals surface area contributed by atoms with Crippen LogP contribution in [0.1, 0.15) is 52.9 Å². The van der Waals surface area contributed by atoms with Crippen LogP contribution in [0, 0.1) is 11.8 Å². The third kappa shape index (κ3) is 8.15. The van der Waals surface area contributed by atoms with Crippen molar-refractivity contribution in [3.63, 3.8) is 0 Å². The van der Waals surface area contributed by atoms with Crippen molar-refractivity contribution in [1.82, 2.24) is 5.32 Å². The molecule has 4 atom stereocenters. The summed E-state index contributed by atoms with van der Waals surface area (Å²) in [5.41, 5.74) is 0. The van der Waals surface area contributed by atoms with Gasteiger partial charge >= 0.3 is 0 Å². The summed E-state index contributed by atoms with van der Waals surface area (Å²) in [6.07, 6.45) is 5.96. The lowest BCUT2D eigenvalue weighted by molar-refractivity contribution is 0.0186. The predicted molar refractivity (Wildman–Crippen MR) is 86.5 cm³/mol. The lowest BCUT2D eigenvalue weighted by atomic mass is 10.0. The van der Waals surface area contributed by atoms with E-state index >= 15 is 0 Å². The monoisotopic (exact) mass is 301 g/mol. The Hall–Kier alpha value is -0.160.